The van der Waals surface area contributed by atoms with Crippen molar-refractivity contribution < 1.29 is 18.3 Å². The fraction of sp³-hybridized carbons (Fsp3) is 0.600. The van der Waals surface area contributed by atoms with Gasteiger partial charge in [0.05, 0.1) is 22.7 Å². The molecule has 0 saturated heterocycles. The number of hydrogen-bond donors (Lipinski definition) is 2. The number of aliphatic hydroxyl groups is 1. The summed E-state index contributed by atoms with van der Waals surface area (Å²) in [6, 6.07) is 2.75. The Morgan fingerprint density at radius 3 is 2.32 bits per heavy atom. The molecule has 0 radical (unpaired) electrons. The lowest BCUT2D eigenvalue weighted by Crippen LogP contribution is -2.34. The lowest BCUT2D eigenvalue weighted by molar-refractivity contribution is -0.137. The lowest BCUT2D eigenvalue weighted by Gasteiger charge is -2.31. The van der Waals surface area contributed by atoms with E-state index in [1.165, 1.54) is 12.1 Å². The normalized spacial score (nSPS) is 19.4. The molecule has 1 fully saturated rings. The highest BCUT2D eigenvalue weighted by atomic mass is 35.5. The van der Waals surface area contributed by atoms with Crippen LogP contribution < -0.4 is 5.73 Å². The highest BCUT2D eigenvalue weighted by Gasteiger charge is 2.36. The summed E-state index contributed by atoms with van der Waals surface area (Å²) in [5.74, 6) is 0.0272. The Balaban J connectivity index is 0.00000242. The summed E-state index contributed by atoms with van der Waals surface area (Å²) in [7, 11) is 0. The van der Waals surface area contributed by atoms with Gasteiger partial charge >= 0.3 is 6.18 Å². The fourth-order valence-electron chi connectivity index (χ4n) is 2.98. The number of nitrogens with two attached hydrogens (primary N) is 1. The molecule has 2 atom stereocenters. The molecule has 1 saturated carbocycles. The van der Waals surface area contributed by atoms with Crippen LogP contribution in [0.3, 0.4) is 0 Å². The van der Waals surface area contributed by atoms with Crippen molar-refractivity contribution in [3.05, 3.63) is 34.3 Å². The Morgan fingerprint density at radius 2 is 1.77 bits per heavy atom. The van der Waals surface area contributed by atoms with E-state index >= 15 is 0 Å². The van der Waals surface area contributed by atoms with Gasteiger partial charge in [-0.05, 0) is 30.4 Å². The molecule has 2 nitrogen and oxygen atoms in total. The van der Waals surface area contributed by atoms with Crippen molar-refractivity contribution in [2.24, 2.45) is 11.7 Å². The van der Waals surface area contributed by atoms with E-state index in [0.717, 1.165) is 38.2 Å². The zero-order chi connectivity index (χ0) is 15.6. The summed E-state index contributed by atoms with van der Waals surface area (Å²) in [5.41, 5.74) is 5.23. The van der Waals surface area contributed by atoms with Crippen LogP contribution in [0.4, 0.5) is 13.2 Å². The van der Waals surface area contributed by atoms with Crippen LogP contribution in [0.1, 0.15) is 49.3 Å². The van der Waals surface area contributed by atoms with Gasteiger partial charge in [-0.2, -0.15) is 13.2 Å². The number of rotatable bonds is 3. The smallest absolute Gasteiger partial charge is 0.391 e. The van der Waals surface area contributed by atoms with Crippen LogP contribution in [0.2, 0.25) is 5.02 Å². The van der Waals surface area contributed by atoms with E-state index in [-0.39, 0.29) is 23.9 Å². The first-order valence-electron chi connectivity index (χ1n) is 7.11. The Bertz CT molecular complexity index is 490. The number of benzene rings is 1. The Morgan fingerprint density at radius 1 is 1.18 bits per heavy atom. The van der Waals surface area contributed by atoms with Gasteiger partial charge in [0.1, 0.15) is 0 Å². The summed E-state index contributed by atoms with van der Waals surface area (Å²) >= 11 is 5.86. The number of alkyl halides is 3. The maximum atomic E-state index is 12.9. The van der Waals surface area contributed by atoms with Gasteiger partial charge in [-0.3, -0.25) is 0 Å². The second-order valence-electron chi connectivity index (χ2n) is 5.62. The van der Waals surface area contributed by atoms with Crippen LogP contribution in [0, 0.1) is 5.92 Å². The van der Waals surface area contributed by atoms with Gasteiger partial charge in [0.2, 0.25) is 0 Å². The monoisotopic (exact) mass is 357 g/mol. The van der Waals surface area contributed by atoms with E-state index in [4.69, 9.17) is 17.3 Å². The third-order valence-electron chi connectivity index (χ3n) is 4.19. The molecule has 0 heterocycles. The average molecular weight is 358 g/mol. The molecule has 1 aromatic carbocycles. The van der Waals surface area contributed by atoms with Crippen LogP contribution in [-0.2, 0) is 6.18 Å². The third kappa shape index (κ3) is 4.28. The van der Waals surface area contributed by atoms with Gasteiger partial charge < -0.3 is 10.8 Å². The van der Waals surface area contributed by atoms with Gasteiger partial charge in [0.15, 0.2) is 0 Å². The van der Waals surface area contributed by atoms with Gasteiger partial charge in [0.25, 0.3) is 0 Å². The van der Waals surface area contributed by atoms with E-state index in [9.17, 15) is 18.3 Å². The molecule has 126 valence electrons. The summed E-state index contributed by atoms with van der Waals surface area (Å²) < 4.78 is 38.6. The first kappa shape index (κ1) is 19.6. The highest BCUT2D eigenvalue weighted by molar-refractivity contribution is 6.32. The molecule has 7 heteroatoms. The summed E-state index contributed by atoms with van der Waals surface area (Å²) in [6.45, 7) is 0. The molecule has 1 aliphatic carbocycles. The molecule has 0 spiro atoms. The van der Waals surface area contributed by atoms with Crippen molar-refractivity contribution in [2.45, 2.75) is 50.4 Å². The summed E-state index contributed by atoms with van der Waals surface area (Å²) in [5, 5.41) is 9.94. The summed E-state index contributed by atoms with van der Waals surface area (Å²) in [6.07, 6.45) is -0.524. The zero-order valence-electron chi connectivity index (χ0n) is 11.9. The number of aliphatic hydroxyl groups excluding tert-OH is 1. The first-order chi connectivity index (χ1) is 9.82. The molecule has 0 aromatic heterocycles. The Labute approximate surface area is 139 Å². The van der Waals surface area contributed by atoms with Gasteiger partial charge in [-0.25, -0.2) is 0 Å². The molecule has 3 N–H and O–H groups in total. The minimum absolute atomic E-state index is 0. The number of hydrogen-bond acceptors (Lipinski definition) is 2. The van der Waals surface area contributed by atoms with E-state index < -0.39 is 28.9 Å². The highest BCUT2D eigenvalue weighted by Crippen LogP contribution is 2.39. The second kappa shape index (κ2) is 7.86. The maximum absolute atomic E-state index is 12.9. The van der Waals surface area contributed by atoms with Crippen LogP contribution in [0.25, 0.3) is 0 Å². The Kier molecular flexibility index (Phi) is 6.99. The van der Waals surface area contributed by atoms with Gasteiger partial charge in [0, 0.05) is 0 Å². The lowest BCUT2D eigenvalue weighted by atomic mass is 9.81. The van der Waals surface area contributed by atoms with Crippen molar-refractivity contribution in [3.63, 3.8) is 0 Å². The molecule has 0 unspecified atom stereocenters. The van der Waals surface area contributed by atoms with E-state index in [1.54, 1.807) is 0 Å². The molecule has 2 rings (SSSR count). The van der Waals surface area contributed by atoms with Crippen LogP contribution >= 0.6 is 24.0 Å². The largest absolute Gasteiger partial charge is 0.417 e. The third-order valence-corrected chi connectivity index (χ3v) is 4.62. The van der Waals surface area contributed by atoms with Gasteiger partial charge in [-0.1, -0.05) is 43.0 Å². The second-order valence-corrected chi connectivity index (χ2v) is 6.00. The molecule has 1 aromatic rings. The first-order valence-corrected chi connectivity index (χ1v) is 7.49. The van der Waals surface area contributed by atoms with Crippen LogP contribution in [-0.4, -0.2) is 11.2 Å². The zero-order valence-corrected chi connectivity index (χ0v) is 13.5. The van der Waals surface area contributed by atoms with Crippen molar-refractivity contribution in [3.8, 4) is 0 Å². The maximum Gasteiger partial charge on any atom is 0.417 e. The summed E-state index contributed by atoms with van der Waals surface area (Å²) in [4.78, 5) is 0. The topological polar surface area (TPSA) is 46.2 Å². The van der Waals surface area contributed by atoms with Crippen molar-refractivity contribution in [1.82, 2.24) is 0 Å². The molecular formula is C15H20Cl2F3NO. The molecular weight excluding hydrogens is 338 g/mol. The standard InChI is InChI=1S/C15H19ClF3NO.ClH/c16-12-10(7-4-8-11(12)15(17,18)19)13(20)14(21)9-5-2-1-3-6-9;/h4,7-9,13-14,21H,1-3,5-6,20H2;1H/t13-,14+;/m0./s1. The van der Waals surface area contributed by atoms with E-state index in [2.05, 4.69) is 0 Å². The minimum atomic E-state index is -4.53. The molecule has 22 heavy (non-hydrogen) atoms. The molecule has 0 amide bonds. The van der Waals surface area contributed by atoms with E-state index in [0.29, 0.717) is 0 Å². The van der Waals surface area contributed by atoms with Crippen LogP contribution in [0.5, 0.6) is 0 Å². The van der Waals surface area contributed by atoms with Crippen molar-refractivity contribution >= 4 is 24.0 Å². The van der Waals surface area contributed by atoms with Crippen LogP contribution in [0.15, 0.2) is 18.2 Å². The van der Waals surface area contributed by atoms with Crippen molar-refractivity contribution in [2.75, 3.05) is 0 Å². The SMILES string of the molecule is Cl.N[C@@H](c1cccc(C(F)(F)F)c1Cl)[C@H](O)C1CCCCC1. The molecule has 0 aliphatic heterocycles. The van der Waals surface area contributed by atoms with E-state index in [1.807, 2.05) is 0 Å². The molecule has 1 aliphatic rings. The average Bonchev–Trinajstić information content (AvgIpc) is 2.45. The number of halogens is 5. The quantitative estimate of drug-likeness (QED) is 0.821. The minimum Gasteiger partial charge on any atom is -0.391 e. The Hall–Kier alpha value is -0.490. The van der Waals surface area contributed by atoms with Crippen molar-refractivity contribution in [1.29, 1.82) is 0 Å². The fourth-order valence-corrected chi connectivity index (χ4v) is 3.34. The predicted molar refractivity (Wildman–Crippen MR) is 83.2 cm³/mol. The molecule has 0 bridgehead atoms. The predicted octanol–water partition coefficient (Wildman–Crippen LogP) is 4.72. The van der Waals surface area contributed by atoms with Gasteiger partial charge in [-0.15, -0.1) is 12.4 Å².